The van der Waals surface area contributed by atoms with E-state index in [-0.39, 0.29) is 0 Å². The Morgan fingerprint density at radius 2 is 2.11 bits per heavy atom. The Labute approximate surface area is 55.6 Å². The van der Waals surface area contributed by atoms with Crippen LogP contribution >= 0.6 is 0 Å². The van der Waals surface area contributed by atoms with E-state index in [1.54, 1.807) is 25.7 Å². The van der Waals surface area contributed by atoms with Gasteiger partial charge in [0.25, 0.3) is 0 Å². The van der Waals surface area contributed by atoms with E-state index in [4.69, 9.17) is 0 Å². The third-order valence-electron chi connectivity index (χ3n) is 4.77. The van der Waals surface area contributed by atoms with Crippen LogP contribution in [0.15, 0.2) is 0 Å². The molecule has 5 atom stereocenters. The summed E-state index contributed by atoms with van der Waals surface area (Å²) in [5.41, 5.74) is 1.06. The van der Waals surface area contributed by atoms with Gasteiger partial charge in [-0.25, -0.2) is 0 Å². The van der Waals surface area contributed by atoms with Crippen molar-refractivity contribution in [1.29, 1.82) is 0 Å². The van der Waals surface area contributed by atoms with Gasteiger partial charge in [0.05, 0.1) is 0 Å². The van der Waals surface area contributed by atoms with Crippen molar-refractivity contribution in [3.8, 4) is 0 Å². The maximum absolute atomic E-state index is 1.65. The van der Waals surface area contributed by atoms with Gasteiger partial charge in [0.15, 0.2) is 0 Å². The highest BCUT2D eigenvalue weighted by Gasteiger charge is 2.90. The maximum atomic E-state index is 1.65. The van der Waals surface area contributed by atoms with Crippen LogP contribution in [0.25, 0.3) is 0 Å². The molecule has 0 heterocycles. The summed E-state index contributed by atoms with van der Waals surface area (Å²) in [5.74, 6) is 5.09. The van der Waals surface area contributed by atoms with E-state index in [9.17, 15) is 0 Å². The number of hydrogen-bond donors (Lipinski definition) is 0. The lowest BCUT2D eigenvalue weighted by atomic mass is 9.67. The molecule has 0 aromatic carbocycles. The van der Waals surface area contributed by atoms with Crippen molar-refractivity contribution in [2.75, 3.05) is 0 Å². The molecule has 4 aliphatic rings. The van der Waals surface area contributed by atoms with Crippen molar-refractivity contribution in [3.63, 3.8) is 0 Å². The summed E-state index contributed by atoms with van der Waals surface area (Å²) in [6, 6.07) is 0. The highest BCUT2D eigenvalue weighted by atomic mass is 14.9. The molecule has 0 radical (unpaired) electrons. The second-order valence-electron chi connectivity index (χ2n) is 4.65. The van der Waals surface area contributed by atoms with Crippen LogP contribution in [0, 0.1) is 29.1 Å². The van der Waals surface area contributed by atoms with Crippen LogP contribution in [-0.2, 0) is 0 Å². The first-order valence-electron chi connectivity index (χ1n) is 4.44. The second-order valence-corrected chi connectivity index (χ2v) is 4.65. The minimum atomic E-state index is 1.06. The van der Waals surface area contributed by atoms with Crippen LogP contribution in [0.2, 0.25) is 0 Å². The van der Waals surface area contributed by atoms with Crippen LogP contribution in [0.4, 0.5) is 0 Å². The van der Waals surface area contributed by atoms with Gasteiger partial charge in [-0.3, -0.25) is 0 Å². The van der Waals surface area contributed by atoms with E-state index in [0.29, 0.717) is 0 Å². The maximum Gasteiger partial charge on any atom is -0.0198 e. The van der Waals surface area contributed by atoms with Crippen LogP contribution in [0.3, 0.4) is 0 Å². The summed E-state index contributed by atoms with van der Waals surface area (Å²) in [4.78, 5) is 0. The second kappa shape index (κ2) is 0.810. The van der Waals surface area contributed by atoms with Gasteiger partial charge in [0, 0.05) is 0 Å². The van der Waals surface area contributed by atoms with Gasteiger partial charge in [0.1, 0.15) is 0 Å². The highest BCUT2D eigenvalue weighted by Crippen LogP contribution is 2.96. The molecule has 0 nitrogen and oxygen atoms in total. The zero-order valence-electron chi connectivity index (χ0n) is 5.64. The Morgan fingerprint density at radius 1 is 1.11 bits per heavy atom. The predicted molar refractivity (Wildman–Crippen MR) is 34.9 cm³/mol. The van der Waals surface area contributed by atoms with Gasteiger partial charge in [-0.05, 0) is 48.3 Å². The van der Waals surface area contributed by atoms with E-state index in [2.05, 4.69) is 0 Å². The molecule has 4 rings (SSSR count). The monoisotopic (exact) mass is 120 g/mol. The summed E-state index contributed by atoms with van der Waals surface area (Å²) in [6.07, 6.45) is 6.43. The Hall–Kier alpha value is 0. The lowest BCUT2D eigenvalue weighted by Gasteiger charge is -2.38. The normalized spacial score (nSPS) is 80.0. The predicted octanol–water partition coefficient (Wildman–Crippen LogP) is 2.05. The van der Waals surface area contributed by atoms with Crippen LogP contribution < -0.4 is 0 Å². The van der Waals surface area contributed by atoms with Gasteiger partial charge in [-0.1, -0.05) is 6.42 Å². The van der Waals surface area contributed by atoms with E-state index in [0.717, 1.165) is 5.41 Å². The summed E-state index contributed by atoms with van der Waals surface area (Å²) in [7, 11) is 0. The molecule has 0 aliphatic heterocycles. The molecule has 9 heavy (non-hydrogen) atoms. The Morgan fingerprint density at radius 3 is 2.89 bits per heavy atom. The summed E-state index contributed by atoms with van der Waals surface area (Å²) in [6.45, 7) is 0. The van der Waals surface area contributed by atoms with E-state index >= 15 is 0 Å². The fourth-order valence-electron chi connectivity index (χ4n) is 4.34. The largest absolute Gasteiger partial charge is 0.0527 e. The van der Waals surface area contributed by atoms with Crippen molar-refractivity contribution < 1.29 is 0 Å². The van der Waals surface area contributed by atoms with Crippen molar-refractivity contribution >= 4 is 0 Å². The zero-order chi connectivity index (χ0) is 5.64. The molecule has 0 aromatic rings. The average molecular weight is 120 g/mol. The summed E-state index contributed by atoms with van der Waals surface area (Å²) >= 11 is 0. The third kappa shape index (κ3) is 0.210. The first kappa shape index (κ1) is 4.00. The minimum absolute atomic E-state index is 1.06. The summed E-state index contributed by atoms with van der Waals surface area (Å²) < 4.78 is 0. The quantitative estimate of drug-likeness (QED) is 0.459. The van der Waals surface area contributed by atoms with Crippen molar-refractivity contribution in [3.05, 3.63) is 0 Å². The molecule has 0 bridgehead atoms. The molecule has 0 N–H and O–H groups in total. The molecule has 1 spiro atoms. The van der Waals surface area contributed by atoms with Gasteiger partial charge in [-0.15, -0.1) is 0 Å². The van der Waals surface area contributed by atoms with Gasteiger partial charge >= 0.3 is 0 Å². The van der Waals surface area contributed by atoms with Crippen LogP contribution in [-0.4, -0.2) is 0 Å². The zero-order valence-corrected chi connectivity index (χ0v) is 5.64. The van der Waals surface area contributed by atoms with Crippen LogP contribution in [0.5, 0.6) is 0 Å². The average Bonchev–Trinajstić information content (AvgIpc) is 2.61. The number of rotatable bonds is 0. The van der Waals surface area contributed by atoms with Crippen molar-refractivity contribution in [1.82, 2.24) is 0 Å². The molecular weight excluding hydrogens is 108 g/mol. The molecule has 4 saturated carbocycles. The third-order valence-corrected chi connectivity index (χ3v) is 4.77. The van der Waals surface area contributed by atoms with Crippen LogP contribution in [0.1, 0.15) is 25.7 Å². The van der Waals surface area contributed by atoms with Gasteiger partial charge < -0.3 is 0 Å². The first-order valence-corrected chi connectivity index (χ1v) is 4.44. The number of hydrogen-bond acceptors (Lipinski definition) is 0. The first-order chi connectivity index (χ1) is 4.44. The van der Waals surface area contributed by atoms with E-state index < -0.39 is 0 Å². The summed E-state index contributed by atoms with van der Waals surface area (Å²) in [5, 5.41) is 0. The molecule has 48 valence electrons. The molecule has 4 unspecified atom stereocenters. The lowest BCUT2D eigenvalue weighted by Crippen LogP contribution is -2.33. The topological polar surface area (TPSA) is 0 Å². The van der Waals surface area contributed by atoms with Crippen molar-refractivity contribution in [2.24, 2.45) is 29.1 Å². The van der Waals surface area contributed by atoms with Gasteiger partial charge in [-0.2, -0.15) is 0 Å². The molecule has 0 saturated heterocycles. The highest BCUT2D eigenvalue weighted by molar-refractivity contribution is 5.38. The fourth-order valence-corrected chi connectivity index (χ4v) is 4.34. The number of fused-ring (bicyclic) bond motifs is 3. The smallest absolute Gasteiger partial charge is 0.0198 e. The standard InChI is InChI=1S/C9H12/c1-2-5-6(3-1)9-4-7(9)8(5)9/h5-8H,1-4H2/t5-,6?,7?,8?,9?/m0/s1. The fraction of sp³-hybridized carbons (Fsp3) is 1.00. The SMILES string of the molecule is C1CC2[C@H](C1)C1C3CC321. The Balaban J connectivity index is 1.84. The molecule has 4 fully saturated rings. The Bertz CT molecular complexity index is 196. The van der Waals surface area contributed by atoms with E-state index in [1.165, 1.54) is 23.7 Å². The van der Waals surface area contributed by atoms with Gasteiger partial charge in [0.2, 0.25) is 0 Å². The van der Waals surface area contributed by atoms with E-state index in [1.807, 2.05) is 0 Å². The molecule has 0 heteroatoms. The van der Waals surface area contributed by atoms with Crippen molar-refractivity contribution in [2.45, 2.75) is 25.7 Å². The molecule has 0 aromatic heterocycles. The molecule has 0 amide bonds. The Kier molecular flexibility index (Phi) is 0.360. The minimum Gasteiger partial charge on any atom is -0.0527 e. The lowest BCUT2D eigenvalue weighted by molar-refractivity contribution is 0.0968. The molecule has 4 aliphatic carbocycles. The molecular formula is C9H12.